The van der Waals surface area contributed by atoms with Gasteiger partial charge in [0.15, 0.2) is 0 Å². The highest BCUT2D eigenvalue weighted by molar-refractivity contribution is 7.20. The van der Waals surface area contributed by atoms with E-state index >= 15 is 0 Å². The van der Waals surface area contributed by atoms with Gasteiger partial charge in [-0.2, -0.15) is 0 Å². The van der Waals surface area contributed by atoms with E-state index < -0.39 is 0 Å². The Morgan fingerprint density at radius 3 is 2.89 bits per heavy atom. The summed E-state index contributed by atoms with van der Waals surface area (Å²) in [5.74, 6) is 0.462. The third-order valence-corrected chi connectivity index (χ3v) is 3.54. The van der Waals surface area contributed by atoms with Crippen LogP contribution in [0.3, 0.4) is 0 Å². The molecule has 0 aliphatic heterocycles. The van der Waals surface area contributed by atoms with Gasteiger partial charge in [0.05, 0.1) is 12.1 Å². The SMILES string of the molecule is N/C=C\C(=C/N)c1cc2nc(CN)[nH]c(=O)c2s1. The minimum absolute atomic E-state index is 0.190. The molecule has 2 rings (SSSR count). The molecule has 0 amide bonds. The first-order valence-electron chi connectivity index (χ1n) is 5.23. The van der Waals surface area contributed by atoms with Crippen molar-refractivity contribution in [2.75, 3.05) is 0 Å². The molecule has 18 heavy (non-hydrogen) atoms. The minimum Gasteiger partial charge on any atom is -0.405 e. The summed E-state index contributed by atoms with van der Waals surface area (Å²) < 4.78 is 0.548. The largest absolute Gasteiger partial charge is 0.405 e. The Balaban J connectivity index is 2.64. The molecule has 6 nitrogen and oxygen atoms in total. The minimum atomic E-state index is -0.190. The van der Waals surface area contributed by atoms with Gasteiger partial charge in [-0.15, -0.1) is 11.3 Å². The lowest BCUT2D eigenvalue weighted by molar-refractivity contribution is 0.915. The fraction of sp³-hybridized carbons (Fsp3) is 0.0909. The molecule has 0 aliphatic carbocycles. The zero-order valence-electron chi connectivity index (χ0n) is 9.51. The number of nitrogens with zero attached hydrogens (tertiary/aromatic N) is 1. The molecule has 0 unspecified atom stereocenters. The number of nitrogens with two attached hydrogens (primary N) is 3. The van der Waals surface area contributed by atoms with Gasteiger partial charge < -0.3 is 22.2 Å². The number of H-pyrrole nitrogens is 1. The average Bonchev–Trinajstić information content (AvgIpc) is 2.79. The molecule has 0 aromatic carbocycles. The molecule has 0 spiro atoms. The van der Waals surface area contributed by atoms with Gasteiger partial charge in [0.1, 0.15) is 10.5 Å². The van der Waals surface area contributed by atoms with E-state index in [9.17, 15) is 4.79 Å². The predicted octanol–water partition coefficient (Wildman–Crippen LogP) is 0.215. The Morgan fingerprint density at radius 2 is 2.28 bits per heavy atom. The number of nitrogens with one attached hydrogen (secondary N) is 1. The molecular weight excluding hydrogens is 250 g/mol. The lowest BCUT2D eigenvalue weighted by Gasteiger charge is -1.94. The van der Waals surface area contributed by atoms with Crippen molar-refractivity contribution in [2.24, 2.45) is 17.2 Å². The number of hydrogen-bond acceptors (Lipinski definition) is 6. The van der Waals surface area contributed by atoms with Crippen molar-refractivity contribution in [3.05, 3.63) is 45.6 Å². The van der Waals surface area contributed by atoms with Crippen molar-refractivity contribution in [3.63, 3.8) is 0 Å². The van der Waals surface area contributed by atoms with Crippen LogP contribution in [0, 0.1) is 0 Å². The van der Waals surface area contributed by atoms with Crippen LogP contribution in [0.2, 0.25) is 0 Å². The summed E-state index contributed by atoms with van der Waals surface area (Å²) in [6.07, 6.45) is 4.50. The summed E-state index contributed by atoms with van der Waals surface area (Å²) in [7, 11) is 0. The quantitative estimate of drug-likeness (QED) is 0.589. The summed E-state index contributed by atoms with van der Waals surface area (Å²) in [6.45, 7) is 0.193. The van der Waals surface area contributed by atoms with Crippen LogP contribution < -0.4 is 22.8 Å². The summed E-state index contributed by atoms with van der Waals surface area (Å²) in [6, 6.07) is 1.80. The lowest BCUT2D eigenvalue weighted by Crippen LogP contribution is -2.12. The van der Waals surface area contributed by atoms with Gasteiger partial charge in [-0.25, -0.2) is 4.98 Å². The van der Waals surface area contributed by atoms with Crippen molar-refractivity contribution in [2.45, 2.75) is 6.54 Å². The maximum atomic E-state index is 11.8. The molecule has 0 atom stereocenters. The van der Waals surface area contributed by atoms with E-state index in [-0.39, 0.29) is 12.1 Å². The van der Waals surface area contributed by atoms with E-state index in [1.54, 1.807) is 12.1 Å². The summed E-state index contributed by atoms with van der Waals surface area (Å²) in [5, 5.41) is 0. The molecule has 7 heteroatoms. The molecule has 94 valence electrons. The van der Waals surface area contributed by atoms with Crippen molar-refractivity contribution in [3.8, 4) is 0 Å². The molecule has 0 fully saturated rings. The van der Waals surface area contributed by atoms with Crippen LogP contribution in [0.15, 0.2) is 29.3 Å². The Labute approximate surface area is 107 Å². The molecule has 0 radical (unpaired) electrons. The lowest BCUT2D eigenvalue weighted by atomic mass is 10.2. The van der Waals surface area contributed by atoms with Crippen LogP contribution in [0.5, 0.6) is 0 Å². The van der Waals surface area contributed by atoms with Gasteiger partial charge in [-0.05, 0) is 18.3 Å². The molecule has 2 heterocycles. The molecular formula is C11H13N5OS. The van der Waals surface area contributed by atoms with Crippen LogP contribution in [0.4, 0.5) is 0 Å². The van der Waals surface area contributed by atoms with Crippen LogP contribution in [-0.4, -0.2) is 9.97 Å². The van der Waals surface area contributed by atoms with Crippen LogP contribution in [0.1, 0.15) is 10.7 Å². The zero-order chi connectivity index (χ0) is 13.1. The number of rotatable bonds is 3. The highest BCUT2D eigenvalue weighted by Gasteiger charge is 2.10. The highest BCUT2D eigenvalue weighted by Crippen LogP contribution is 2.27. The molecule has 0 saturated heterocycles. The normalized spacial score (nSPS) is 12.6. The van der Waals surface area contributed by atoms with Crippen LogP contribution in [0.25, 0.3) is 15.8 Å². The second-order valence-electron chi connectivity index (χ2n) is 3.52. The first-order chi connectivity index (χ1) is 8.69. The third-order valence-electron chi connectivity index (χ3n) is 2.37. The average molecular weight is 263 g/mol. The Morgan fingerprint density at radius 1 is 1.50 bits per heavy atom. The standard InChI is InChI=1S/C11H13N5OS/c12-2-1-6(4-13)8-3-7-10(18-8)11(17)16-9(5-14)15-7/h1-4H,5,12-14H2,(H,15,16,17)/b2-1-,6-4+. The van der Waals surface area contributed by atoms with Crippen LogP contribution >= 0.6 is 11.3 Å². The second kappa shape index (κ2) is 5.03. The molecule has 2 aromatic heterocycles. The van der Waals surface area contributed by atoms with E-state index in [2.05, 4.69) is 9.97 Å². The molecule has 7 N–H and O–H groups in total. The van der Waals surface area contributed by atoms with E-state index in [0.717, 1.165) is 10.5 Å². The van der Waals surface area contributed by atoms with E-state index in [1.165, 1.54) is 23.7 Å². The molecule has 2 aromatic rings. The molecule has 0 aliphatic rings. The maximum absolute atomic E-state index is 11.8. The maximum Gasteiger partial charge on any atom is 0.268 e. The first-order valence-corrected chi connectivity index (χ1v) is 6.04. The highest BCUT2D eigenvalue weighted by atomic mass is 32.1. The molecule has 0 saturated carbocycles. The monoisotopic (exact) mass is 263 g/mol. The van der Waals surface area contributed by atoms with Gasteiger partial charge in [-0.1, -0.05) is 0 Å². The molecule has 0 bridgehead atoms. The zero-order valence-corrected chi connectivity index (χ0v) is 10.3. The number of fused-ring (bicyclic) bond motifs is 1. The van der Waals surface area contributed by atoms with Gasteiger partial charge >= 0.3 is 0 Å². The van der Waals surface area contributed by atoms with Crippen molar-refractivity contribution in [1.29, 1.82) is 0 Å². The topological polar surface area (TPSA) is 124 Å². The Hall–Kier alpha value is -2.12. The van der Waals surface area contributed by atoms with E-state index in [4.69, 9.17) is 17.2 Å². The van der Waals surface area contributed by atoms with Gasteiger partial charge in [0, 0.05) is 16.7 Å². The van der Waals surface area contributed by atoms with Gasteiger partial charge in [0.25, 0.3) is 5.56 Å². The van der Waals surface area contributed by atoms with Crippen molar-refractivity contribution >= 4 is 27.1 Å². The fourth-order valence-electron chi connectivity index (χ4n) is 1.55. The number of aromatic amines is 1. The van der Waals surface area contributed by atoms with Gasteiger partial charge in [0.2, 0.25) is 0 Å². The number of allylic oxidation sites excluding steroid dienone is 2. The Kier molecular flexibility index (Phi) is 3.45. The Bertz CT molecular complexity index is 682. The fourth-order valence-corrected chi connectivity index (χ4v) is 2.55. The van der Waals surface area contributed by atoms with E-state index in [1.807, 2.05) is 0 Å². The first kappa shape index (κ1) is 12.3. The number of hydrogen-bond donors (Lipinski definition) is 4. The smallest absolute Gasteiger partial charge is 0.268 e. The van der Waals surface area contributed by atoms with Crippen LogP contribution in [-0.2, 0) is 6.54 Å². The number of thiophene rings is 1. The van der Waals surface area contributed by atoms with E-state index in [0.29, 0.717) is 16.0 Å². The predicted molar refractivity (Wildman–Crippen MR) is 73.6 cm³/mol. The number of aromatic nitrogens is 2. The summed E-state index contributed by atoms with van der Waals surface area (Å²) in [5.41, 5.74) is 17.5. The van der Waals surface area contributed by atoms with Gasteiger partial charge in [-0.3, -0.25) is 4.79 Å². The van der Waals surface area contributed by atoms with Crippen molar-refractivity contribution < 1.29 is 0 Å². The third kappa shape index (κ3) is 2.13. The second-order valence-corrected chi connectivity index (χ2v) is 4.58. The summed E-state index contributed by atoms with van der Waals surface area (Å²) >= 11 is 1.31. The summed E-state index contributed by atoms with van der Waals surface area (Å²) in [4.78, 5) is 19.5. The van der Waals surface area contributed by atoms with Crippen molar-refractivity contribution in [1.82, 2.24) is 9.97 Å².